The van der Waals surface area contributed by atoms with E-state index < -0.39 is 0 Å². The Hall–Kier alpha value is -1.88. The molecule has 2 rings (SSSR count). The second kappa shape index (κ2) is 5.63. The zero-order valence-corrected chi connectivity index (χ0v) is 12.4. The Morgan fingerprint density at radius 2 is 2.15 bits per heavy atom. The lowest BCUT2D eigenvalue weighted by Gasteiger charge is -2.22. The van der Waals surface area contributed by atoms with Crippen molar-refractivity contribution in [3.63, 3.8) is 0 Å². The number of halogens is 1. The second-order valence-electron chi connectivity index (χ2n) is 5.23. The molecule has 20 heavy (non-hydrogen) atoms. The number of benzene rings is 1. The van der Waals surface area contributed by atoms with E-state index in [0.29, 0.717) is 0 Å². The lowest BCUT2D eigenvalue weighted by atomic mass is 10.1. The zero-order chi connectivity index (χ0) is 14.9. The van der Waals surface area contributed by atoms with Gasteiger partial charge in [0.2, 0.25) is 0 Å². The molecule has 2 aromatic rings. The Kier molecular flexibility index (Phi) is 4.09. The average molecular weight is 276 g/mol. The van der Waals surface area contributed by atoms with E-state index in [1.807, 2.05) is 43.6 Å². The third kappa shape index (κ3) is 2.82. The molecule has 2 N–H and O–H groups in total. The van der Waals surface area contributed by atoms with Gasteiger partial charge >= 0.3 is 0 Å². The molecule has 1 atom stereocenters. The van der Waals surface area contributed by atoms with Crippen molar-refractivity contribution in [2.75, 3.05) is 11.9 Å². The molecule has 108 valence electrons. The molecule has 0 bridgehead atoms. The van der Waals surface area contributed by atoms with E-state index in [-0.39, 0.29) is 11.9 Å². The predicted molar refractivity (Wildman–Crippen MR) is 79.8 cm³/mol. The zero-order valence-electron chi connectivity index (χ0n) is 12.4. The third-order valence-corrected chi connectivity index (χ3v) is 3.35. The fourth-order valence-corrected chi connectivity index (χ4v) is 2.48. The van der Waals surface area contributed by atoms with Gasteiger partial charge in [0.05, 0.1) is 5.69 Å². The van der Waals surface area contributed by atoms with Gasteiger partial charge in [0.15, 0.2) is 0 Å². The van der Waals surface area contributed by atoms with Crippen LogP contribution in [0.15, 0.2) is 24.3 Å². The number of aromatic nitrogens is 2. The topological polar surface area (TPSA) is 47.1 Å². The van der Waals surface area contributed by atoms with Gasteiger partial charge < -0.3 is 10.6 Å². The highest BCUT2D eigenvalue weighted by molar-refractivity contribution is 5.63. The molecule has 0 fully saturated rings. The van der Waals surface area contributed by atoms with Gasteiger partial charge in [-0.3, -0.25) is 4.68 Å². The molecular weight excluding hydrogens is 255 g/mol. The van der Waals surface area contributed by atoms with Crippen LogP contribution in [0.5, 0.6) is 0 Å². The minimum absolute atomic E-state index is 0.0533. The van der Waals surface area contributed by atoms with Crippen molar-refractivity contribution in [3.8, 4) is 0 Å². The van der Waals surface area contributed by atoms with Crippen molar-refractivity contribution in [1.29, 1.82) is 0 Å². The summed E-state index contributed by atoms with van der Waals surface area (Å²) >= 11 is 0. The van der Waals surface area contributed by atoms with Crippen LogP contribution < -0.4 is 10.6 Å². The molecule has 1 aromatic carbocycles. The van der Waals surface area contributed by atoms with Gasteiger partial charge in [0, 0.05) is 31.4 Å². The molecule has 1 heterocycles. The summed E-state index contributed by atoms with van der Waals surface area (Å²) in [6.45, 7) is 3.94. The molecule has 4 nitrogen and oxygen atoms in total. The molecule has 0 aliphatic heterocycles. The lowest BCUT2D eigenvalue weighted by molar-refractivity contribution is 0.627. The van der Waals surface area contributed by atoms with Crippen LogP contribution in [0.3, 0.4) is 0 Å². The van der Waals surface area contributed by atoms with Gasteiger partial charge in [-0.25, -0.2) is 4.39 Å². The van der Waals surface area contributed by atoms with Crippen LogP contribution in [-0.4, -0.2) is 22.9 Å². The first kappa shape index (κ1) is 14.5. The fourth-order valence-electron chi connectivity index (χ4n) is 2.48. The van der Waals surface area contributed by atoms with Crippen LogP contribution in [0.4, 0.5) is 15.9 Å². The van der Waals surface area contributed by atoms with Gasteiger partial charge in [-0.05, 0) is 38.5 Å². The van der Waals surface area contributed by atoms with Crippen molar-refractivity contribution in [3.05, 3.63) is 41.3 Å². The van der Waals surface area contributed by atoms with Crippen molar-refractivity contribution in [2.45, 2.75) is 26.3 Å². The van der Waals surface area contributed by atoms with Crippen molar-refractivity contribution < 1.29 is 4.39 Å². The first-order chi connectivity index (χ1) is 9.40. The molecule has 0 spiro atoms. The molecule has 0 radical (unpaired) electrons. The Bertz CT molecular complexity index is 604. The maximum absolute atomic E-state index is 13.4. The lowest BCUT2D eigenvalue weighted by Crippen LogP contribution is -2.21. The number of hydrogen-bond donors (Lipinski definition) is 1. The number of anilines is 2. The molecule has 0 aliphatic carbocycles. The summed E-state index contributed by atoms with van der Waals surface area (Å²) in [5, 5.41) is 4.46. The van der Waals surface area contributed by atoms with Gasteiger partial charge in [0.25, 0.3) is 0 Å². The number of nitrogens with two attached hydrogens (primary N) is 1. The van der Waals surface area contributed by atoms with E-state index >= 15 is 0 Å². The summed E-state index contributed by atoms with van der Waals surface area (Å²) < 4.78 is 15.2. The van der Waals surface area contributed by atoms with Gasteiger partial charge in [0.1, 0.15) is 11.6 Å². The molecule has 0 saturated heterocycles. The number of aryl methyl sites for hydroxylation is 2. The summed E-state index contributed by atoms with van der Waals surface area (Å²) in [5.41, 5.74) is 8.78. The smallest absolute Gasteiger partial charge is 0.134 e. The summed E-state index contributed by atoms with van der Waals surface area (Å²) in [6.07, 6.45) is 0.745. The maximum atomic E-state index is 13.4. The monoisotopic (exact) mass is 276 g/mol. The van der Waals surface area contributed by atoms with E-state index in [4.69, 9.17) is 5.73 Å². The van der Waals surface area contributed by atoms with Crippen molar-refractivity contribution in [1.82, 2.24) is 9.78 Å². The van der Waals surface area contributed by atoms with Crippen LogP contribution >= 0.6 is 0 Å². The van der Waals surface area contributed by atoms with Crippen LogP contribution in [0, 0.1) is 12.7 Å². The second-order valence-corrected chi connectivity index (χ2v) is 5.23. The molecule has 1 aromatic heterocycles. The third-order valence-electron chi connectivity index (χ3n) is 3.35. The highest BCUT2D eigenvalue weighted by Gasteiger charge is 2.19. The molecule has 0 aliphatic rings. The summed E-state index contributed by atoms with van der Waals surface area (Å²) in [6, 6.07) is 6.58. The van der Waals surface area contributed by atoms with Crippen molar-refractivity contribution in [2.24, 2.45) is 12.8 Å². The van der Waals surface area contributed by atoms with E-state index in [1.54, 1.807) is 6.07 Å². The molecule has 5 heteroatoms. The normalized spacial score (nSPS) is 12.5. The Labute approximate surface area is 119 Å². The maximum Gasteiger partial charge on any atom is 0.134 e. The van der Waals surface area contributed by atoms with Crippen LogP contribution in [-0.2, 0) is 13.5 Å². The van der Waals surface area contributed by atoms with E-state index in [1.165, 1.54) is 12.1 Å². The van der Waals surface area contributed by atoms with E-state index in [2.05, 4.69) is 5.10 Å². The average Bonchev–Trinajstić information content (AvgIpc) is 2.63. The van der Waals surface area contributed by atoms with Gasteiger partial charge in [-0.2, -0.15) is 5.10 Å². The number of nitrogens with zero attached hydrogens (tertiary/aromatic N) is 3. The van der Waals surface area contributed by atoms with Crippen LogP contribution in [0.1, 0.15) is 18.2 Å². The molecule has 1 unspecified atom stereocenters. The number of hydrogen-bond acceptors (Lipinski definition) is 3. The largest absolute Gasteiger partial charge is 0.329 e. The summed E-state index contributed by atoms with van der Waals surface area (Å²) in [7, 11) is 3.80. The standard InChI is InChI=1S/C15H21FN4/c1-10(17)8-14-11(2)18-20(4)15(14)19(3)13-7-5-6-12(16)9-13/h5-7,9-10H,8,17H2,1-4H3. The highest BCUT2D eigenvalue weighted by atomic mass is 19.1. The minimum Gasteiger partial charge on any atom is -0.329 e. The summed E-state index contributed by atoms with van der Waals surface area (Å²) in [4.78, 5) is 1.95. The Morgan fingerprint density at radius 3 is 2.75 bits per heavy atom. The van der Waals surface area contributed by atoms with E-state index in [9.17, 15) is 4.39 Å². The first-order valence-electron chi connectivity index (χ1n) is 6.67. The predicted octanol–water partition coefficient (Wildman–Crippen LogP) is 2.53. The Balaban J connectivity index is 2.46. The SMILES string of the molecule is Cc1nn(C)c(N(C)c2cccc(F)c2)c1CC(C)N. The quantitative estimate of drug-likeness (QED) is 0.933. The highest BCUT2D eigenvalue weighted by Crippen LogP contribution is 2.29. The molecular formula is C15H21FN4. The fraction of sp³-hybridized carbons (Fsp3) is 0.400. The van der Waals surface area contributed by atoms with Gasteiger partial charge in [-0.1, -0.05) is 6.07 Å². The van der Waals surface area contributed by atoms with Crippen molar-refractivity contribution >= 4 is 11.5 Å². The Morgan fingerprint density at radius 1 is 1.45 bits per heavy atom. The van der Waals surface area contributed by atoms with E-state index in [0.717, 1.165) is 29.2 Å². The van der Waals surface area contributed by atoms with Gasteiger partial charge in [-0.15, -0.1) is 0 Å². The van der Waals surface area contributed by atoms with Crippen LogP contribution in [0.2, 0.25) is 0 Å². The molecule has 0 amide bonds. The van der Waals surface area contributed by atoms with Crippen LogP contribution in [0.25, 0.3) is 0 Å². The molecule has 0 saturated carbocycles. The first-order valence-corrected chi connectivity index (χ1v) is 6.67. The summed E-state index contributed by atoms with van der Waals surface area (Å²) in [5.74, 6) is 0.701. The number of rotatable bonds is 4. The minimum atomic E-state index is -0.248.